The zero-order valence-corrected chi connectivity index (χ0v) is 17.5. The fourth-order valence-corrected chi connectivity index (χ4v) is 5.09. The number of carbonyl (C=O) groups is 2. The number of thioether (sulfide) groups is 1. The summed E-state index contributed by atoms with van der Waals surface area (Å²) in [6.07, 6.45) is -0.159. The number of carbonyl (C=O) groups excluding carboxylic acids is 2. The Morgan fingerprint density at radius 2 is 2.00 bits per heavy atom. The minimum Gasteiger partial charge on any atom is -0.326 e. The Hall–Kier alpha value is -2.32. The van der Waals surface area contributed by atoms with Crippen LogP contribution in [0.4, 0.5) is 11.4 Å². The quantitative estimate of drug-likeness (QED) is 0.775. The van der Waals surface area contributed by atoms with E-state index in [2.05, 4.69) is 10.6 Å². The minimum absolute atomic E-state index is 0.0982. The Labute approximate surface area is 169 Å². The third kappa shape index (κ3) is 4.23. The maximum atomic E-state index is 12.9. The molecule has 8 heteroatoms. The summed E-state index contributed by atoms with van der Waals surface area (Å²) in [7, 11) is -3.72. The number of amides is 2. The van der Waals surface area contributed by atoms with Gasteiger partial charge in [0.25, 0.3) is 0 Å². The number of aryl methyl sites for hydroxylation is 1. The number of nitrogens with one attached hydrogen (secondary N) is 2. The molecule has 1 aliphatic rings. The number of benzene rings is 2. The molecule has 0 aromatic heterocycles. The van der Waals surface area contributed by atoms with Crippen LogP contribution in [0.1, 0.15) is 24.5 Å². The highest BCUT2D eigenvalue weighted by Crippen LogP contribution is 2.34. The highest BCUT2D eigenvalue weighted by Gasteiger charge is 2.27. The summed E-state index contributed by atoms with van der Waals surface area (Å²) in [5.74, 6) is -0.201. The fourth-order valence-electron chi connectivity index (χ4n) is 2.93. The molecule has 148 valence electrons. The van der Waals surface area contributed by atoms with Gasteiger partial charge in [-0.3, -0.25) is 9.59 Å². The lowest BCUT2D eigenvalue weighted by Crippen LogP contribution is -2.26. The molecule has 0 aliphatic carbocycles. The molecule has 6 nitrogen and oxygen atoms in total. The van der Waals surface area contributed by atoms with Crippen LogP contribution in [0.2, 0.25) is 0 Å². The van der Waals surface area contributed by atoms with Gasteiger partial charge in [0.15, 0.2) is 9.84 Å². The summed E-state index contributed by atoms with van der Waals surface area (Å²) in [6, 6.07) is 10.3. The normalized spacial score (nSPS) is 14.8. The van der Waals surface area contributed by atoms with Gasteiger partial charge < -0.3 is 10.6 Å². The SMILES string of the molecule is Cc1cccc(NC(=O)CC(C)S(=O)(=O)c2ccc3c(c2)NC(=O)CS3)c1C. The van der Waals surface area contributed by atoms with Gasteiger partial charge >= 0.3 is 0 Å². The van der Waals surface area contributed by atoms with Crippen molar-refractivity contribution >= 4 is 44.8 Å². The van der Waals surface area contributed by atoms with E-state index >= 15 is 0 Å². The third-order valence-corrected chi connectivity index (χ3v) is 8.00. The van der Waals surface area contributed by atoms with Crippen molar-refractivity contribution in [3.05, 3.63) is 47.5 Å². The smallest absolute Gasteiger partial charge is 0.234 e. The average molecular weight is 419 g/mol. The van der Waals surface area contributed by atoms with Crippen molar-refractivity contribution in [2.24, 2.45) is 0 Å². The predicted octanol–water partition coefficient (Wildman–Crippen LogP) is 3.54. The van der Waals surface area contributed by atoms with Gasteiger partial charge in [0, 0.05) is 17.0 Å². The van der Waals surface area contributed by atoms with Crippen LogP contribution in [0.15, 0.2) is 46.2 Å². The van der Waals surface area contributed by atoms with E-state index in [1.807, 2.05) is 26.0 Å². The van der Waals surface area contributed by atoms with Crippen molar-refractivity contribution in [1.29, 1.82) is 0 Å². The molecule has 0 bridgehead atoms. The molecule has 2 aromatic rings. The van der Waals surface area contributed by atoms with Crippen LogP contribution in [0.3, 0.4) is 0 Å². The molecule has 0 saturated carbocycles. The fraction of sp³-hybridized carbons (Fsp3) is 0.300. The van der Waals surface area contributed by atoms with Crippen molar-refractivity contribution < 1.29 is 18.0 Å². The van der Waals surface area contributed by atoms with Crippen LogP contribution >= 0.6 is 11.8 Å². The molecule has 0 spiro atoms. The van der Waals surface area contributed by atoms with E-state index in [4.69, 9.17) is 0 Å². The Bertz CT molecular complexity index is 1050. The van der Waals surface area contributed by atoms with Crippen molar-refractivity contribution in [2.75, 3.05) is 16.4 Å². The van der Waals surface area contributed by atoms with Gasteiger partial charge in [-0.2, -0.15) is 0 Å². The molecule has 1 atom stereocenters. The first-order valence-corrected chi connectivity index (χ1v) is 11.4. The molecule has 2 amide bonds. The van der Waals surface area contributed by atoms with Gasteiger partial charge in [0.1, 0.15) is 0 Å². The third-order valence-electron chi connectivity index (χ3n) is 4.79. The van der Waals surface area contributed by atoms with Crippen LogP contribution in [0.25, 0.3) is 0 Å². The zero-order chi connectivity index (χ0) is 20.5. The van der Waals surface area contributed by atoms with Gasteiger partial charge in [0.2, 0.25) is 11.8 Å². The number of sulfone groups is 1. The zero-order valence-electron chi connectivity index (χ0n) is 15.9. The van der Waals surface area contributed by atoms with Gasteiger partial charge in [-0.15, -0.1) is 11.8 Å². The first-order valence-electron chi connectivity index (χ1n) is 8.85. The van der Waals surface area contributed by atoms with E-state index < -0.39 is 15.1 Å². The van der Waals surface area contributed by atoms with E-state index in [1.54, 1.807) is 12.1 Å². The highest BCUT2D eigenvalue weighted by molar-refractivity contribution is 8.00. The second-order valence-electron chi connectivity index (χ2n) is 6.85. The van der Waals surface area contributed by atoms with Crippen LogP contribution < -0.4 is 10.6 Å². The lowest BCUT2D eigenvalue weighted by atomic mass is 10.1. The number of fused-ring (bicyclic) bond motifs is 1. The Morgan fingerprint density at radius 3 is 2.75 bits per heavy atom. The molecule has 0 saturated heterocycles. The summed E-state index contributed by atoms with van der Waals surface area (Å²) in [4.78, 5) is 24.9. The first-order chi connectivity index (χ1) is 13.2. The maximum absolute atomic E-state index is 12.9. The molecule has 0 radical (unpaired) electrons. The van der Waals surface area contributed by atoms with Gasteiger partial charge in [0.05, 0.1) is 21.6 Å². The topological polar surface area (TPSA) is 92.3 Å². The van der Waals surface area contributed by atoms with Gasteiger partial charge in [-0.05, 0) is 56.2 Å². The van der Waals surface area contributed by atoms with Crippen molar-refractivity contribution in [2.45, 2.75) is 42.2 Å². The summed E-state index contributed by atoms with van der Waals surface area (Å²) in [6.45, 7) is 5.38. The van der Waals surface area contributed by atoms with Crippen LogP contribution in [-0.2, 0) is 19.4 Å². The Balaban J connectivity index is 1.75. The summed E-state index contributed by atoms with van der Waals surface area (Å²) < 4.78 is 25.8. The molecule has 0 fully saturated rings. The molecular formula is C20H22N2O4S2. The van der Waals surface area contributed by atoms with Gasteiger partial charge in [-0.1, -0.05) is 12.1 Å². The number of hydrogen-bond acceptors (Lipinski definition) is 5. The van der Waals surface area contributed by atoms with Crippen molar-refractivity contribution in [3.63, 3.8) is 0 Å². The maximum Gasteiger partial charge on any atom is 0.234 e. The standard InChI is InChI=1S/C20H22N2O4S2/c1-12-5-4-6-16(14(12)3)21-19(23)9-13(2)28(25,26)15-7-8-18-17(10-15)22-20(24)11-27-18/h4-8,10,13H,9,11H2,1-3H3,(H,21,23)(H,22,24). The molecule has 1 heterocycles. The molecule has 2 N–H and O–H groups in total. The van der Waals surface area contributed by atoms with E-state index in [0.29, 0.717) is 17.1 Å². The number of rotatable bonds is 5. The van der Waals surface area contributed by atoms with Crippen molar-refractivity contribution in [1.82, 2.24) is 0 Å². The first kappa shape index (κ1) is 20.4. The van der Waals surface area contributed by atoms with E-state index in [9.17, 15) is 18.0 Å². The minimum atomic E-state index is -3.72. The van der Waals surface area contributed by atoms with E-state index in [0.717, 1.165) is 16.0 Å². The largest absolute Gasteiger partial charge is 0.326 e. The highest BCUT2D eigenvalue weighted by atomic mass is 32.2. The predicted molar refractivity (Wildman–Crippen MR) is 112 cm³/mol. The van der Waals surface area contributed by atoms with Crippen LogP contribution in [-0.4, -0.2) is 31.2 Å². The molecule has 1 aliphatic heterocycles. The van der Waals surface area contributed by atoms with Crippen LogP contribution in [0, 0.1) is 13.8 Å². The summed E-state index contributed by atoms with van der Waals surface area (Å²) in [5, 5.41) is 4.59. The molecule has 1 unspecified atom stereocenters. The molecule has 2 aromatic carbocycles. The second kappa shape index (κ2) is 7.97. The number of anilines is 2. The van der Waals surface area contributed by atoms with Crippen LogP contribution in [0.5, 0.6) is 0 Å². The van der Waals surface area contributed by atoms with Crippen molar-refractivity contribution in [3.8, 4) is 0 Å². The molecule has 3 rings (SSSR count). The molecule has 28 heavy (non-hydrogen) atoms. The average Bonchev–Trinajstić information content (AvgIpc) is 2.64. The van der Waals surface area contributed by atoms with Gasteiger partial charge in [-0.25, -0.2) is 8.42 Å². The summed E-state index contributed by atoms with van der Waals surface area (Å²) in [5.41, 5.74) is 3.18. The molecular weight excluding hydrogens is 396 g/mol. The van der Waals surface area contributed by atoms with E-state index in [1.165, 1.54) is 30.8 Å². The lowest BCUT2D eigenvalue weighted by Gasteiger charge is -2.19. The van der Waals surface area contributed by atoms with E-state index in [-0.39, 0.29) is 23.1 Å². The lowest BCUT2D eigenvalue weighted by molar-refractivity contribution is -0.116. The number of hydrogen-bond donors (Lipinski definition) is 2. The Morgan fingerprint density at radius 1 is 1.25 bits per heavy atom. The summed E-state index contributed by atoms with van der Waals surface area (Å²) >= 11 is 1.37. The monoisotopic (exact) mass is 418 g/mol. The Kier molecular flexibility index (Phi) is 5.81. The second-order valence-corrected chi connectivity index (χ2v) is 10.2.